The van der Waals surface area contributed by atoms with Crippen molar-refractivity contribution in [1.82, 2.24) is 9.47 Å². The second-order valence-electron chi connectivity index (χ2n) is 5.53. The van der Waals surface area contributed by atoms with Crippen LogP contribution in [0.3, 0.4) is 0 Å². The van der Waals surface area contributed by atoms with Crippen LogP contribution in [0.25, 0.3) is 0 Å². The summed E-state index contributed by atoms with van der Waals surface area (Å²) >= 11 is 0. The molecule has 1 aromatic heterocycles. The van der Waals surface area contributed by atoms with Crippen LogP contribution in [0.5, 0.6) is 0 Å². The minimum Gasteiger partial charge on any atom is -0.398 e. The van der Waals surface area contributed by atoms with E-state index in [0.29, 0.717) is 12.2 Å². The number of nitrogens with zero attached hydrogens (tertiary/aromatic N) is 2. The maximum absolute atomic E-state index is 12.5. The molecule has 2 rings (SSSR count). The fourth-order valence-electron chi connectivity index (χ4n) is 2.92. The van der Waals surface area contributed by atoms with Crippen molar-refractivity contribution < 1.29 is 9.90 Å². The number of aliphatic hydroxyl groups is 1. The predicted octanol–water partition coefficient (Wildman–Crippen LogP) is 0.584. The summed E-state index contributed by atoms with van der Waals surface area (Å²) in [4.78, 5) is 25.9. The Morgan fingerprint density at radius 2 is 2.05 bits per heavy atom. The van der Waals surface area contributed by atoms with E-state index in [9.17, 15) is 14.7 Å². The molecule has 0 aromatic carbocycles. The number of hydrogen-bond donors (Lipinski definition) is 2. The highest BCUT2D eigenvalue weighted by Crippen LogP contribution is 2.22. The normalized spacial score (nSPS) is 15.9. The first kappa shape index (κ1) is 15.6. The summed E-state index contributed by atoms with van der Waals surface area (Å²) in [5.74, 6) is -0.136. The van der Waals surface area contributed by atoms with Crippen LogP contribution in [-0.4, -0.2) is 39.7 Å². The number of carbonyl (C=O) groups excluding carboxylic acids is 1. The smallest absolute Gasteiger partial charge is 0.251 e. The minimum absolute atomic E-state index is 0.0274. The molecule has 1 aliphatic carbocycles. The number of anilines is 1. The molecule has 116 valence electrons. The molecule has 0 spiro atoms. The number of hydrogen-bond acceptors (Lipinski definition) is 4. The van der Waals surface area contributed by atoms with E-state index in [0.717, 1.165) is 25.7 Å². The van der Waals surface area contributed by atoms with Crippen molar-refractivity contribution in [3.05, 3.63) is 28.7 Å². The van der Waals surface area contributed by atoms with Crippen molar-refractivity contribution in [1.29, 1.82) is 0 Å². The summed E-state index contributed by atoms with van der Waals surface area (Å²) in [6, 6.07) is 3.06. The molecule has 6 heteroatoms. The average Bonchev–Trinajstić information content (AvgIpc) is 2.49. The molecule has 1 fully saturated rings. The molecule has 1 saturated carbocycles. The second-order valence-corrected chi connectivity index (χ2v) is 5.53. The van der Waals surface area contributed by atoms with Crippen LogP contribution in [0.15, 0.2) is 23.1 Å². The van der Waals surface area contributed by atoms with E-state index in [1.807, 2.05) is 0 Å². The topological polar surface area (TPSA) is 88.6 Å². The van der Waals surface area contributed by atoms with Crippen LogP contribution in [0.4, 0.5) is 5.69 Å². The van der Waals surface area contributed by atoms with Gasteiger partial charge in [-0.25, -0.2) is 0 Å². The molecule has 6 nitrogen and oxygen atoms in total. The van der Waals surface area contributed by atoms with Crippen molar-refractivity contribution in [2.24, 2.45) is 0 Å². The molecule has 3 N–H and O–H groups in total. The Morgan fingerprint density at radius 3 is 2.71 bits per heavy atom. The van der Waals surface area contributed by atoms with Gasteiger partial charge >= 0.3 is 0 Å². The van der Waals surface area contributed by atoms with Crippen molar-refractivity contribution >= 4 is 11.6 Å². The first-order valence-electron chi connectivity index (χ1n) is 7.48. The van der Waals surface area contributed by atoms with Crippen LogP contribution in [-0.2, 0) is 11.3 Å². The van der Waals surface area contributed by atoms with E-state index < -0.39 is 0 Å². The van der Waals surface area contributed by atoms with Crippen molar-refractivity contribution in [3.8, 4) is 0 Å². The molecule has 0 radical (unpaired) electrons. The van der Waals surface area contributed by atoms with E-state index in [1.165, 1.54) is 29.3 Å². The molecule has 0 unspecified atom stereocenters. The van der Waals surface area contributed by atoms with Crippen molar-refractivity contribution in [2.75, 3.05) is 18.9 Å². The first-order valence-corrected chi connectivity index (χ1v) is 7.48. The monoisotopic (exact) mass is 293 g/mol. The minimum atomic E-state index is -0.245. The summed E-state index contributed by atoms with van der Waals surface area (Å²) in [7, 11) is 0. The van der Waals surface area contributed by atoms with Gasteiger partial charge in [-0.15, -0.1) is 0 Å². The van der Waals surface area contributed by atoms with Crippen LogP contribution >= 0.6 is 0 Å². The summed E-state index contributed by atoms with van der Waals surface area (Å²) in [5, 5.41) is 9.20. The van der Waals surface area contributed by atoms with Crippen LogP contribution in [0, 0.1) is 0 Å². The standard InChI is InChI=1S/C15H23N3O3/c16-12-6-7-14(20)17(10-12)11-15(21)18(8-9-19)13-4-2-1-3-5-13/h6-7,10,13,19H,1-5,8-9,11,16H2. The molecule has 0 atom stereocenters. The number of nitrogens with two attached hydrogens (primary N) is 1. The highest BCUT2D eigenvalue weighted by molar-refractivity contribution is 5.76. The SMILES string of the molecule is Nc1ccc(=O)n(CC(=O)N(CCO)C2CCCCC2)c1. The average molecular weight is 293 g/mol. The van der Waals surface area contributed by atoms with E-state index in [1.54, 1.807) is 4.90 Å². The molecule has 0 aliphatic heterocycles. The summed E-state index contributed by atoms with van der Waals surface area (Å²) in [6.45, 7) is 0.231. The summed E-state index contributed by atoms with van der Waals surface area (Å²) < 4.78 is 1.32. The van der Waals surface area contributed by atoms with E-state index in [4.69, 9.17) is 5.73 Å². The predicted molar refractivity (Wildman–Crippen MR) is 80.8 cm³/mol. The lowest BCUT2D eigenvalue weighted by molar-refractivity contribution is -0.135. The fraction of sp³-hybridized carbons (Fsp3) is 0.600. The molecule has 0 saturated heterocycles. The number of rotatable bonds is 5. The molecule has 21 heavy (non-hydrogen) atoms. The number of amides is 1. The third kappa shape index (κ3) is 4.07. The van der Waals surface area contributed by atoms with Crippen LogP contribution in [0.2, 0.25) is 0 Å². The Hall–Kier alpha value is -1.82. The zero-order chi connectivity index (χ0) is 15.2. The largest absolute Gasteiger partial charge is 0.398 e. The number of pyridine rings is 1. The lowest BCUT2D eigenvalue weighted by Crippen LogP contribution is -2.45. The number of aromatic nitrogens is 1. The maximum atomic E-state index is 12.5. The van der Waals surface area contributed by atoms with Gasteiger partial charge in [0.1, 0.15) is 6.54 Å². The molecular weight excluding hydrogens is 270 g/mol. The lowest BCUT2D eigenvalue weighted by atomic mass is 9.94. The third-order valence-corrected chi connectivity index (χ3v) is 3.99. The molecule has 1 amide bonds. The van der Waals surface area contributed by atoms with Crippen molar-refractivity contribution in [2.45, 2.75) is 44.7 Å². The first-order chi connectivity index (χ1) is 10.1. The van der Waals surface area contributed by atoms with E-state index in [2.05, 4.69) is 0 Å². The summed E-state index contributed by atoms with van der Waals surface area (Å²) in [5.41, 5.74) is 5.86. The Morgan fingerprint density at radius 1 is 1.33 bits per heavy atom. The molecule has 1 aromatic rings. The second kappa shape index (κ2) is 7.26. The molecular formula is C15H23N3O3. The zero-order valence-electron chi connectivity index (χ0n) is 12.2. The van der Waals surface area contributed by atoms with Gasteiger partial charge in [0.25, 0.3) is 5.56 Å². The molecule has 0 bridgehead atoms. The number of aliphatic hydroxyl groups excluding tert-OH is 1. The number of nitrogen functional groups attached to an aromatic ring is 1. The Kier molecular flexibility index (Phi) is 5.38. The van der Waals surface area contributed by atoms with Gasteiger partial charge in [-0.2, -0.15) is 0 Å². The zero-order valence-corrected chi connectivity index (χ0v) is 12.2. The van der Waals surface area contributed by atoms with Gasteiger partial charge in [0.2, 0.25) is 5.91 Å². The van der Waals surface area contributed by atoms with Crippen LogP contribution < -0.4 is 11.3 Å². The fourth-order valence-corrected chi connectivity index (χ4v) is 2.92. The molecule has 1 heterocycles. The van der Waals surface area contributed by atoms with E-state index in [-0.39, 0.29) is 30.7 Å². The van der Waals surface area contributed by atoms with Gasteiger partial charge in [-0.3, -0.25) is 9.59 Å². The van der Waals surface area contributed by atoms with Gasteiger partial charge in [0.15, 0.2) is 0 Å². The molecule has 1 aliphatic rings. The number of carbonyl (C=O) groups is 1. The Balaban J connectivity index is 2.10. The van der Waals surface area contributed by atoms with Gasteiger partial charge in [0, 0.05) is 30.5 Å². The summed E-state index contributed by atoms with van der Waals surface area (Å²) in [6.07, 6.45) is 6.84. The maximum Gasteiger partial charge on any atom is 0.251 e. The van der Waals surface area contributed by atoms with Gasteiger partial charge in [0.05, 0.1) is 6.61 Å². The van der Waals surface area contributed by atoms with E-state index >= 15 is 0 Å². The van der Waals surface area contributed by atoms with Crippen LogP contribution in [0.1, 0.15) is 32.1 Å². The van der Waals surface area contributed by atoms with Gasteiger partial charge in [-0.05, 0) is 18.9 Å². The lowest BCUT2D eigenvalue weighted by Gasteiger charge is -2.34. The van der Waals surface area contributed by atoms with Crippen molar-refractivity contribution in [3.63, 3.8) is 0 Å². The highest BCUT2D eigenvalue weighted by atomic mass is 16.3. The third-order valence-electron chi connectivity index (χ3n) is 3.99. The highest BCUT2D eigenvalue weighted by Gasteiger charge is 2.25. The van der Waals surface area contributed by atoms with Gasteiger partial charge < -0.3 is 20.3 Å². The van der Waals surface area contributed by atoms with Gasteiger partial charge in [-0.1, -0.05) is 19.3 Å². The Bertz CT molecular complexity index is 535. The Labute approximate surface area is 124 Å². The quantitative estimate of drug-likeness (QED) is 0.831.